The van der Waals surface area contributed by atoms with Gasteiger partial charge in [-0.1, -0.05) is 23.9 Å². The molecule has 0 fully saturated rings. The van der Waals surface area contributed by atoms with Gasteiger partial charge < -0.3 is 9.84 Å². The first-order valence-corrected chi connectivity index (χ1v) is 6.87. The van der Waals surface area contributed by atoms with E-state index in [1.165, 1.54) is 11.8 Å². The average molecular weight is 289 g/mol. The van der Waals surface area contributed by atoms with E-state index >= 15 is 0 Å². The molecule has 0 atom stereocenters. The van der Waals surface area contributed by atoms with Gasteiger partial charge in [0.05, 0.1) is 17.6 Å². The minimum Gasteiger partial charge on any atom is -0.496 e. The van der Waals surface area contributed by atoms with Crippen LogP contribution in [0.1, 0.15) is 21.6 Å². The van der Waals surface area contributed by atoms with Gasteiger partial charge in [-0.3, -0.25) is 0 Å². The molecule has 5 heteroatoms. The summed E-state index contributed by atoms with van der Waals surface area (Å²) in [5.74, 6) is -0.262. The predicted molar refractivity (Wildman–Crippen MR) is 77.8 cm³/mol. The molecule has 0 saturated carbocycles. The monoisotopic (exact) mass is 289 g/mol. The maximum Gasteiger partial charge on any atom is 0.338 e. The van der Waals surface area contributed by atoms with E-state index in [1.54, 1.807) is 20.1 Å². The van der Waals surface area contributed by atoms with Crippen molar-refractivity contribution >= 4 is 17.7 Å². The second-order valence-corrected chi connectivity index (χ2v) is 5.35. The van der Waals surface area contributed by atoms with Crippen LogP contribution in [0.3, 0.4) is 0 Å². The van der Waals surface area contributed by atoms with Crippen LogP contribution in [0.4, 0.5) is 0 Å². The Kier molecular flexibility index (Phi) is 4.29. The summed E-state index contributed by atoms with van der Waals surface area (Å²) in [5, 5.41) is 9.84. The Morgan fingerprint density at radius 2 is 2.00 bits per heavy atom. The molecule has 1 heterocycles. The molecule has 1 aromatic heterocycles. The molecular weight excluding hydrogens is 274 g/mol. The number of nitrogens with zero attached hydrogens (tertiary/aromatic N) is 1. The SMILES string of the molecule is COc1ccccc1Sc1nc(C)cc(C)c1C(=O)O. The molecule has 2 aromatic rings. The number of pyridine rings is 1. The Balaban J connectivity index is 2.50. The van der Waals surface area contributed by atoms with Crippen LogP contribution in [0.5, 0.6) is 5.75 Å². The summed E-state index contributed by atoms with van der Waals surface area (Å²) in [6, 6.07) is 9.25. The first kappa shape index (κ1) is 14.4. The quantitative estimate of drug-likeness (QED) is 0.932. The number of aryl methyl sites for hydroxylation is 2. The normalized spacial score (nSPS) is 10.3. The summed E-state index contributed by atoms with van der Waals surface area (Å²) < 4.78 is 5.28. The molecule has 0 bridgehead atoms. The fraction of sp³-hybridized carbons (Fsp3) is 0.200. The molecule has 0 spiro atoms. The zero-order valence-corrected chi connectivity index (χ0v) is 12.3. The molecule has 0 amide bonds. The number of ether oxygens (including phenoxy) is 1. The fourth-order valence-corrected chi connectivity index (χ4v) is 3.09. The van der Waals surface area contributed by atoms with Crippen LogP contribution in [0.25, 0.3) is 0 Å². The van der Waals surface area contributed by atoms with E-state index < -0.39 is 5.97 Å². The van der Waals surface area contributed by atoms with Crippen LogP contribution in [-0.2, 0) is 0 Å². The highest BCUT2D eigenvalue weighted by Gasteiger charge is 2.18. The molecule has 4 nitrogen and oxygen atoms in total. The summed E-state index contributed by atoms with van der Waals surface area (Å²) in [7, 11) is 1.59. The maximum atomic E-state index is 11.4. The van der Waals surface area contributed by atoms with Crippen LogP contribution in [0.2, 0.25) is 0 Å². The van der Waals surface area contributed by atoms with Gasteiger partial charge in [0.25, 0.3) is 0 Å². The van der Waals surface area contributed by atoms with E-state index in [0.29, 0.717) is 16.3 Å². The van der Waals surface area contributed by atoms with Crippen molar-refractivity contribution in [3.63, 3.8) is 0 Å². The Bertz CT molecular complexity index is 656. The summed E-state index contributed by atoms with van der Waals surface area (Å²) >= 11 is 1.31. The zero-order chi connectivity index (χ0) is 14.7. The summed E-state index contributed by atoms with van der Waals surface area (Å²) in [5.41, 5.74) is 1.75. The Morgan fingerprint density at radius 3 is 2.65 bits per heavy atom. The van der Waals surface area contributed by atoms with Gasteiger partial charge in [0.2, 0.25) is 0 Å². The van der Waals surface area contributed by atoms with Crippen LogP contribution >= 0.6 is 11.8 Å². The van der Waals surface area contributed by atoms with Crippen molar-refractivity contribution in [3.05, 3.63) is 47.2 Å². The summed E-state index contributed by atoms with van der Waals surface area (Å²) in [6.07, 6.45) is 0. The van der Waals surface area contributed by atoms with Gasteiger partial charge >= 0.3 is 5.97 Å². The lowest BCUT2D eigenvalue weighted by Crippen LogP contribution is -2.05. The largest absolute Gasteiger partial charge is 0.496 e. The average Bonchev–Trinajstić information content (AvgIpc) is 2.38. The molecular formula is C15H15NO3S. The number of para-hydroxylation sites is 1. The van der Waals surface area contributed by atoms with E-state index in [-0.39, 0.29) is 5.56 Å². The van der Waals surface area contributed by atoms with Gasteiger partial charge in [-0.15, -0.1) is 0 Å². The molecule has 0 radical (unpaired) electrons. The molecule has 0 saturated heterocycles. The van der Waals surface area contributed by atoms with Gasteiger partial charge in [-0.2, -0.15) is 0 Å². The van der Waals surface area contributed by atoms with E-state index in [0.717, 1.165) is 10.6 Å². The van der Waals surface area contributed by atoms with Crippen molar-refractivity contribution < 1.29 is 14.6 Å². The number of methoxy groups -OCH3 is 1. The van der Waals surface area contributed by atoms with Gasteiger partial charge in [0, 0.05) is 5.69 Å². The molecule has 1 aromatic carbocycles. The maximum absolute atomic E-state index is 11.4. The first-order valence-electron chi connectivity index (χ1n) is 6.05. The van der Waals surface area contributed by atoms with Crippen LogP contribution in [-0.4, -0.2) is 23.2 Å². The highest BCUT2D eigenvalue weighted by atomic mass is 32.2. The number of benzene rings is 1. The third-order valence-corrected chi connectivity index (χ3v) is 3.85. The molecule has 2 rings (SSSR count). The smallest absolute Gasteiger partial charge is 0.338 e. The molecule has 1 N–H and O–H groups in total. The van der Waals surface area contributed by atoms with Crippen molar-refractivity contribution in [2.45, 2.75) is 23.8 Å². The molecule has 0 aliphatic carbocycles. The van der Waals surface area contributed by atoms with Crippen LogP contribution in [0.15, 0.2) is 40.3 Å². The van der Waals surface area contributed by atoms with E-state index in [4.69, 9.17) is 4.74 Å². The number of hydrogen-bond donors (Lipinski definition) is 1. The number of rotatable bonds is 4. The van der Waals surface area contributed by atoms with Crippen molar-refractivity contribution in [1.29, 1.82) is 0 Å². The molecule has 20 heavy (non-hydrogen) atoms. The first-order chi connectivity index (χ1) is 9.52. The standard InChI is InChI=1S/C15H15NO3S/c1-9-8-10(2)16-14(13(9)15(17)18)20-12-7-5-4-6-11(12)19-3/h4-8H,1-3H3,(H,17,18). The number of carbonyl (C=O) groups is 1. The molecule has 0 unspecified atom stereocenters. The lowest BCUT2D eigenvalue weighted by atomic mass is 10.1. The van der Waals surface area contributed by atoms with Gasteiger partial charge in [-0.25, -0.2) is 9.78 Å². The molecule has 0 aliphatic rings. The topological polar surface area (TPSA) is 59.4 Å². The van der Waals surface area contributed by atoms with Crippen LogP contribution in [0, 0.1) is 13.8 Å². The lowest BCUT2D eigenvalue weighted by Gasteiger charge is -2.11. The molecule has 104 valence electrons. The summed E-state index contributed by atoms with van der Waals surface area (Å²) in [4.78, 5) is 16.6. The van der Waals surface area contributed by atoms with Crippen LogP contribution < -0.4 is 4.74 Å². The van der Waals surface area contributed by atoms with Crippen molar-refractivity contribution in [3.8, 4) is 5.75 Å². The number of aromatic nitrogens is 1. The lowest BCUT2D eigenvalue weighted by molar-refractivity contribution is 0.0691. The van der Waals surface area contributed by atoms with E-state index in [9.17, 15) is 9.90 Å². The number of carboxylic acid groups (broad SMARTS) is 1. The zero-order valence-electron chi connectivity index (χ0n) is 11.5. The third-order valence-electron chi connectivity index (χ3n) is 2.80. The molecule has 0 aliphatic heterocycles. The number of aromatic carboxylic acids is 1. The minimum absolute atomic E-state index is 0.242. The fourth-order valence-electron chi connectivity index (χ4n) is 1.94. The summed E-state index contributed by atoms with van der Waals surface area (Å²) in [6.45, 7) is 3.63. The third kappa shape index (κ3) is 2.93. The highest BCUT2D eigenvalue weighted by molar-refractivity contribution is 7.99. The Labute approximate surface area is 121 Å². The van der Waals surface area contributed by atoms with Crippen molar-refractivity contribution in [2.24, 2.45) is 0 Å². The Hall–Kier alpha value is -2.01. The minimum atomic E-state index is -0.965. The van der Waals surface area contributed by atoms with E-state index in [2.05, 4.69) is 4.98 Å². The number of hydrogen-bond acceptors (Lipinski definition) is 4. The van der Waals surface area contributed by atoms with Gasteiger partial charge in [0.1, 0.15) is 10.8 Å². The predicted octanol–water partition coefficient (Wildman–Crippen LogP) is 3.56. The van der Waals surface area contributed by atoms with Crippen molar-refractivity contribution in [2.75, 3.05) is 7.11 Å². The van der Waals surface area contributed by atoms with Gasteiger partial charge in [-0.05, 0) is 37.6 Å². The second kappa shape index (κ2) is 5.96. The van der Waals surface area contributed by atoms with Gasteiger partial charge in [0.15, 0.2) is 0 Å². The Morgan fingerprint density at radius 1 is 1.30 bits per heavy atom. The second-order valence-electron chi connectivity index (χ2n) is 4.32. The van der Waals surface area contributed by atoms with E-state index in [1.807, 2.05) is 31.2 Å². The number of carboxylic acids is 1. The highest BCUT2D eigenvalue weighted by Crippen LogP contribution is 2.36. The van der Waals surface area contributed by atoms with Crippen molar-refractivity contribution in [1.82, 2.24) is 4.98 Å².